The summed E-state index contributed by atoms with van der Waals surface area (Å²) < 4.78 is 5.44. The van der Waals surface area contributed by atoms with Crippen LogP contribution in [0.2, 0.25) is 0 Å². The maximum absolute atomic E-state index is 9.98. The van der Waals surface area contributed by atoms with Crippen LogP contribution in [-0.2, 0) is 4.74 Å². The fourth-order valence-corrected chi connectivity index (χ4v) is 2.27. The molecule has 0 saturated carbocycles. The molecule has 1 fully saturated rings. The highest BCUT2D eigenvalue weighted by atomic mass is 32.1. The van der Waals surface area contributed by atoms with Gasteiger partial charge in [0.15, 0.2) is 0 Å². The summed E-state index contributed by atoms with van der Waals surface area (Å²) in [7, 11) is 0. The zero-order chi connectivity index (χ0) is 14.7. The van der Waals surface area contributed by atoms with Crippen molar-refractivity contribution in [3.05, 3.63) is 29.8 Å². The van der Waals surface area contributed by atoms with Crippen LogP contribution in [-0.4, -0.2) is 56.6 Å². The normalized spacial score (nSPS) is 33.5. The summed E-state index contributed by atoms with van der Waals surface area (Å²) in [6, 6.07) is 6.66. The number of hydrogen-bond donors (Lipinski definition) is 4. The second kappa shape index (κ2) is 6.51. The van der Waals surface area contributed by atoms with Crippen LogP contribution in [0.5, 0.6) is 0 Å². The van der Waals surface area contributed by atoms with Gasteiger partial charge in [-0.2, -0.15) is 4.99 Å². The van der Waals surface area contributed by atoms with Crippen molar-refractivity contribution in [2.24, 2.45) is 4.99 Å². The molecule has 7 heteroatoms. The first kappa shape index (κ1) is 15.2. The van der Waals surface area contributed by atoms with E-state index in [2.05, 4.69) is 22.4 Å². The van der Waals surface area contributed by atoms with Crippen molar-refractivity contribution in [2.45, 2.75) is 30.5 Å². The van der Waals surface area contributed by atoms with Gasteiger partial charge < -0.3 is 25.2 Å². The standard InChI is InChI=1S/C13H15NO5S/c15-5-9-10(16)11(17)12(18)13(19-9)7-1-3-8(4-2-7)14-6-20/h1-4,9-13,15-18H,5H2/t9?,10-,11-,12?,13+/m1/s1. The molecule has 2 rings (SSSR count). The molecule has 1 saturated heterocycles. The van der Waals surface area contributed by atoms with Crippen molar-refractivity contribution < 1.29 is 25.2 Å². The predicted octanol–water partition coefficient (Wildman–Crippen LogP) is -0.0642. The van der Waals surface area contributed by atoms with Crippen molar-refractivity contribution in [1.82, 2.24) is 0 Å². The van der Waals surface area contributed by atoms with Crippen LogP contribution in [0.4, 0.5) is 5.69 Å². The number of aliphatic hydroxyl groups excluding tert-OH is 4. The molecule has 2 unspecified atom stereocenters. The van der Waals surface area contributed by atoms with Gasteiger partial charge in [0.05, 0.1) is 17.5 Å². The molecule has 1 heterocycles. The number of ether oxygens (including phenoxy) is 1. The number of isothiocyanates is 1. The van der Waals surface area contributed by atoms with Crippen molar-refractivity contribution in [2.75, 3.05) is 6.61 Å². The Morgan fingerprint density at radius 2 is 1.75 bits per heavy atom. The van der Waals surface area contributed by atoms with Crippen LogP contribution in [0, 0.1) is 0 Å². The lowest BCUT2D eigenvalue weighted by Gasteiger charge is -2.40. The fourth-order valence-electron chi connectivity index (χ4n) is 2.17. The van der Waals surface area contributed by atoms with Crippen LogP contribution >= 0.6 is 12.2 Å². The van der Waals surface area contributed by atoms with Gasteiger partial charge in [0.25, 0.3) is 0 Å². The third-order valence-corrected chi connectivity index (χ3v) is 3.38. The second-order valence-corrected chi connectivity index (χ2v) is 4.73. The Labute approximate surface area is 121 Å². The number of rotatable bonds is 3. The zero-order valence-electron chi connectivity index (χ0n) is 10.5. The van der Waals surface area contributed by atoms with E-state index in [-0.39, 0.29) is 0 Å². The van der Waals surface area contributed by atoms with E-state index in [9.17, 15) is 15.3 Å². The number of nitrogens with zero attached hydrogens (tertiary/aromatic N) is 1. The molecule has 4 N–H and O–H groups in total. The molecular weight excluding hydrogens is 282 g/mol. The first-order valence-corrected chi connectivity index (χ1v) is 6.47. The topological polar surface area (TPSA) is 103 Å². The average molecular weight is 297 g/mol. The van der Waals surface area contributed by atoms with Gasteiger partial charge in [0.2, 0.25) is 0 Å². The number of aliphatic imine (C=N–C) groups is 1. The average Bonchev–Trinajstić information content (AvgIpc) is 2.47. The minimum Gasteiger partial charge on any atom is -0.394 e. The molecule has 1 aliphatic rings. The third kappa shape index (κ3) is 2.94. The summed E-state index contributed by atoms with van der Waals surface area (Å²) in [6.45, 7) is -0.450. The van der Waals surface area contributed by atoms with Gasteiger partial charge in [-0.05, 0) is 29.9 Å². The molecule has 6 nitrogen and oxygen atoms in total. The van der Waals surface area contributed by atoms with Crippen LogP contribution in [0.1, 0.15) is 11.7 Å². The molecule has 20 heavy (non-hydrogen) atoms. The zero-order valence-corrected chi connectivity index (χ0v) is 11.3. The minimum atomic E-state index is -1.38. The lowest BCUT2D eigenvalue weighted by molar-refractivity contribution is -0.231. The Morgan fingerprint density at radius 3 is 2.30 bits per heavy atom. The quantitative estimate of drug-likeness (QED) is 0.460. The monoisotopic (exact) mass is 297 g/mol. The number of hydrogen-bond acceptors (Lipinski definition) is 7. The van der Waals surface area contributed by atoms with Crippen molar-refractivity contribution in [3.8, 4) is 0 Å². The summed E-state index contributed by atoms with van der Waals surface area (Å²) in [5, 5.41) is 40.8. The summed E-state index contributed by atoms with van der Waals surface area (Å²) in [5.74, 6) is 0. The highest BCUT2D eigenvalue weighted by Crippen LogP contribution is 2.32. The van der Waals surface area contributed by atoms with E-state index in [0.29, 0.717) is 11.3 Å². The smallest absolute Gasteiger partial charge is 0.113 e. The molecule has 1 aromatic rings. The van der Waals surface area contributed by atoms with Gasteiger partial charge >= 0.3 is 0 Å². The molecule has 0 bridgehead atoms. The van der Waals surface area contributed by atoms with Crippen LogP contribution in [0.15, 0.2) is 29.3 Å². The Balaban J connectivity index is 2.24. The van der Waals surface area contributed by atoms with E-state index in [1.54, 1.807) is 24.3 Å². The Kier molecular flexibility index (Phi) is 4.95. The van der Waals surface area contributed by atoms with E-state index < -0.39 is 37.1 Å². The predicted molar refractivity (Wildman–Crippen MR) is 73.8 cm³/mol. The lowest BCUT2D eigenvalue weighted by Crippen LogP contribution is -2.55. The van der Waals surface area contributed by atoms with E-state index in [4.69, 9.17) is 9.84 Å². The molecule has 108 valence electrons. The Morgan fingerprint density at radius 1 is 1.10 bits per heavy atom. The van der Waals surface area contributed by atoms with E-state index in [0.717, 1.165) is 0 Å². The first-order valence-electron chi connectivity index (χ1n) is 6.07. The van der Waals surface area contributed by atoms with Gasteiger partial charge in [-0.1, -0.05) is 12.1 Å². The highest BCUT2D eigenvalue weighted by molar-refractivity contribution is 7.78. The fraction of sp³-hybridized carbons (Fsp3) is 0.462. The molecule has 0 aliphatic carbocycles. The van der Waals surface area contributed by atoms with Gasteiger partial charge in [-0.25, -0.2) is 0 Å². The summed E-state index contributed by atoms with van der Waals surface area (Å²) in [5.41, 5.74) is 1.21. The maximum atomic E-state index is 9.98. The summed E-state index contributed by atoms with van der Waals surface area (Å²) in [6.07, 6.45) is -5.78. The SMILES string of the molecule is OCC1O[C@@H](c2ccc(N=C=S)cc2)C(O)[C@H](O)[C@@H]1O. The molecule has 0 radical (unpaired) electrons. The molecule has 1 aromatic carbocycles. The highest BCUT2D eigenvalue weighted by Gasteiger charge is 2.43. The molecule has 0 spiro atoms. The molecule has 5 atom stereocenters. The van der Waals surface area contributed by atoms with Gasteiger partial charge in [0.1, 0.15) is 30.5 Å². The van der Waals surface area contributed by atoms with Gasteiger partial charge in [-0.15, -0.1) is 0 Å². The molecule has 1 aliphatic heterocycles. The van der Waals surface area contributed by atoms with Gasteiger partial charge in [0, 0.05) is 0 Å². The second-order valence-electron chi connectivity index (χ2n) is 4.54. The van der Waals surface area contributed by atoms with Gasteiger partial charge in [-0.3, -0.25) is 0 Å². The van der Waals surface area contributed by atoms with E-state index in [1.807, 2.05) is 0 Å². The summed E-state index contributed by atoms with van der Waals surface area (Å²) >= 11 is 4.50. The number of benzene rings is 1. The Bertz CT molecular complexity index is 500. The molecule has 0 aromatic heterocycles. The van der Waals surface area contributed by atoms with Crippen LogP contribution in [0.25, 0.3) is 0 Å². The molecule has 0 amide bonds. The van der Waals surface area contributed by atoms with Crippen molar-refractivity contribution in [1.29, 1.82) is 0 Å². The maximum Gasteiger partial charge on any atom is 0.113 e. The first-order chi connectivity index (χ1) is 9.58. The largest absolute Gasteiger partial charge is 0.394 e. The Hall–Kier alpha value is -1.18. The van der Waals surface area contributed by atoms with Crippen molar-refractivity contribution >= 4 is 23.1 Å². The lowest BCUT2D eigenvalue weighted by atomic mass is 9.91. The number of thiocarbonyl (C=S) groups is 1. The van der Waals surface area contributed by atoms with Crippen LogP contribution < -0.4 is 0 Å². The third-order valence-electron chi connectivity index (χ3n) is 3.29. The molecular formula is C13H15NO5S. The summed E-state index contributed by atoms with van der Waals surface area (Å²) in [4.78, 5) is 3.80. The van der Waals surface area contributed by atoms with E-state index >= 15 is 0 Å². The van der Waals surface area contributed by atoms with Crippen LogP contribution in [0.3, 0.4) is 0 Å². The number of aliphatic hydroxyl groups is 4. The minimum absolute atomic E-state index is 0.450. The van der Waals surface area contributed by atoms with Crippen molar-refractivity contribution in [3.63, 3.8) is 0 Å². The van der Waals surface area contributed by atoms with E-state index in [1.165, 1.54) is 0 Å².